The van der Waals surface area contributed by atoms with Crippen LogP contribution in [0.25, 0.3) is 11.4 Å². The summed E-state index contributed by atoms with van der Waals surface area (Å²) in [6.07, 6.45) is 3.34. The molecule has 1 aromatic heterocycles. The van der Waals surface area contributed by atoms with Crippen molar-refractivity contribution in [1.29, 1.82) is 0 Å². The first-order valence-corrected chi connectivity index (χ1v) is 4.72. The van der Waals surface area contributed by atoms with E-state index in [0.29, 0.717) is 5.75 Å². The SMILES string of the molecule is COc1cnc(-c2ccc(C)cc2)nc1. The predicted molar refractivity (Wildman–Crippen MR) is 58.8 cm³/mol. The van der Waals surface area contributed by atoms with Gasteiger partial charge in [0.25, 0.3) is 0 Å². The molecule has 0 aliphatic heterocycles. The van der Waals surface area contributed by atoms with E-state index in [9.17, 15) is 0 Å². The summed E-state index contributed by atoms with van der Waals surface area (Å²) in [6, 6.07) is 8.11. The van der Waals surface area contributed by atoms with E-state index < -0.39 is 0 Å². The van der Waals surface area contributed by atoms with Crippen LogP contribution in [-0.4, -0.2) is 17.1 Å². The van der Waals surface area contributed by atoms with Gasteiger partial charge in [-0.05, 0) is 6.92 Å². The van der Waals surface area contributed by atoms with Crippen molar-refractivity contribution in [2.24, 2.45) is 0 Å². The normalized spacial score (nSPS) is 10.0. The zero-order valence-corrected chi connectivity index (χ0v) is 8.77. The van der Waals surface area contributed by atoms with Crippen LogP contribution < -0.4 is 4.74 Å². The monoisotopic (exact) mass is 200 g/mol. The number of hydrogen-bond acceptors (Lipinski definition) is 3. The number of hydrogen-bond donors (Lipinski definition) is 0. The summed E-state index contributed by atoms with van der Waals surface area (Å²) in [6.45, 7) is 2.05. The number of ether oxygens (including phenoxy) is 1. The van der Waals surface area contributed by atoms with E-state index in [2.05, 4.69) is 16.9 Å². The molecule has 15 heavy (non-hydrogen) atoms. The molecule has 0 aliphatic carbocycles. The van der Waals surface area contributed by atoms with E-state index in [1.54, 1.807) is 19.5 Å². The molecule has 0 saturated carbocycles. The van der Waals surface area contributed by atoms with Gasteiger partial charge in [0.15, 0.2) is 11.6 Å². The predicted octanol–water partition coefficient (Wildman–Crippen LogP) is 2.46. The van der Waals surface area contributed by atoms with Crippen LogP contribution in [-0.2, 0) is 0 Å². The number of nitrogens with zero attached hydrogens (tertiary/aromatic N) is 2. The Hall–Kier alpha value is -1.90. The van der Waals surface area contributed by atoms with Crippen molar-refractivity contribution in [2.45, 2.75) is 6.92 Å². The van der Waals surface area contributed by atoms with Gasteiger partial charge in [0, 0.05) is 5.56 Å². The molecule has 0 unspecified atom stereocenters. The van der Waals surface area contributed by atoms with Crippen LogP contribution in [0.15, 0.2) is 36.7 Å². The third-order valence-corrected chi connectivity index (χ3v) is 2.17. The van der Waals surface area contributed by atoms with Crippen molar-refractivity contribution < 1.29 is 4.74 Å². The average molecular weight is 200 g/mol. The molecule has 0 saturated heterocycles. The first-order chi connectivity index (χ1) is 7.29. The molecular weight excluding hydrogens is 188 g/mol. The zero-order chi connectivity index (χ0) is 10.7. The molecule has 2 rings (SSSR count). The summed E-state index contributed by atoms with van der Waals surface area (Å²) >= 11 is 0. The molecule has 76 valence electrons. The van der Waals surface area contributed by atoms with Crippen molar-refractivity contribution in [3.05, 3.63) is 42.2 Å². The van der Waals surface area contributed by atoms with Crippen molar-refractivity contribution in [1.82, 2.24) is 9.97 Å². The van der Waals surface area contributed by atoms with Gasteiger partial charge in [0.2, 0.25) is 0 Å². The molecule has 0 atom stereocenters. The molecule has 0 fully saturated rings. The number of aromatic nitrogens is 2. The molecule has 0 bridgehead atoms. The highest BCUT2D eigenvalue weighted by atomic mass is 16.5. The van der Waals surface area contributed by atoms with Crippen LogP contribution in [0.3, 0.4) is 0 Å². The number of rotatable bonds is 2. The van der Waals surface area contributed by atoms with Gasteiger partial charge in [-0.2, -0.15) is 0 Å². The second kappa shape index (κ2) is 4.09. The zero-order valence-electron chi connectivity index (χ0n) is 8.77. The van der Waals surface area contributed by atoms with E-state index in [1.165, 1.54) is 5.56 Å². The van der Waals surface area contributed by atoms with Gasteiger partial charge in [0.1, 0.15) is 0 Å². The van der Waals surface area contributed by atoms with Crippen molar-refractivity contribution >= 4 is 0 Å². The van der Waals surface area contributed by atoms with Gasteiger partial charge in [-0.15, -0.1) is 0 Å². The molecule has 2 aromatic rings. The van der Waals surface area contributed by atoms with Gasteiger partial charge in [-0.25, -0.2) is 9.97 Å². The maximum atomic E-state index is 5.00. The number of methoxy groups -OCH3 is 1. The lowest BCUT2D eigenvalue weighted by Crippen LogP contribution is -1.90. The Morgan fingerprint density at radius 2 is 1.60 bits per heavy atom. The smallest absolute Gasteiger partial charge is 0.159 e. The summed E-state index contributed by atoms with van der Waals surface area (Å²) in [5.74, 6) is 1.39. The van der Waals surface area contributed by atoms with Gasteiger partial charge in [0.05, 0.1) is 19.5 Å². The van der Waals surface area contributed by atoms with E-state index >= 15 is 0 Å². The van der Waals surface area contributed by atoms with Gasteiger partial charge in [-0.1, -0.05) is 29.8 Å². The third-order valence-electron chi connectivity index (χ3n) is 2.17. The molecule has 0 radical (unpaired) electrons. The molecule has 1 aromatic carbocycles. The summed E-state index contributed by atoms with van der Waals surface area (Å²) in [5.41, 5.74) is 2.25. The van der Waals surface area contributed by atoms with Crippen molar-refractivity contribution in [3.63, 3.8) is 0 Å². The van der Waals surface area contributed by atoms with Crippen LogP contribution in [0.1, 0.15) is 5.56 Å². The Morgan fingerprint density at radius 1 is 1.00 bits per heavy atom. The fourth-order valence-electron chi connectivity index (χ4n) is 1.27. The summed E-state index contributed by atoms with van der Waals surface area (Å²) in [4.78, 5) is 8.43. The minimum Gasteiger partial charge on any atom is -0.494 e. The Balaban J connectivity index is 2.33. The minimum absolute atomic E-state index is 0.672. The maximum Gasteiger partial charge on any atom is 0.159 e. The van der Waals surface area contributed by atoms with Crippen molar-refractivity contribution in [2.75, 3.05) is 7.11 Å². The molecule has 0 aliphatic rings. The topological polar surface area (TPSA) is 35.0 Å². The fraction of sp³-hybridized carbons (Fsp3) is 0.167. The fourth-order valence-corrected chi connectivity index (χ4v) is 1.27. The Bertz CT molecular complexity index is 434. The molecule has 0 spiro atoms. The van der Waals surface area contributed by atoms with Crippen LogP contribution >= 0.6 is 0 Å². The summed E-state index contributed by atoms with van der Waals surface area (Å²) in [7, 11) is 1.60. The third kappa shape index (κ3) is 2.13. The largest absolute Gasteiger partial charge is 0.494 e. The van der Waals surface area contributed by atoms with Gasteiger partial charge in [-0.3, -0.25) is 0 Å². The number of aryl methyl sites for hydroxylation is 1. The van der Waals surface area contributed by atoms with Crippen molar-refractivity contribution in [3.8, 4) is 17.1 Å². The maximum absolute atomic E-state index is 5.00. The highest BCUT2D eigenvalue weighted by Gasteiger charge is 2.00. The molecule has 0 amide bonds. The van der Waals surface area contributed by atoms with E-state index in [1.807, 2.05) is 24.3 Å². The lowest BCUT2D eigenvalue weighted by molar-refractivity contribution is 0.411. The highest BCUT2D eigenvalue weighted by molar-refractivity contribution is 5.55. The first kappa shape index (κ1) is 9.65. The molecule has 1 heterocycles. The number of benzene rings is 1. The van der Waals surface area contributed by atoms with Crippen LogP contribution in [0.5, 0.6) is 5.75 Å². The molecule has 3 nitrogen and oxygen atoms in total. The second-order valence-corrected chi connectivity index (χ2v) is 3.31. The van der Waals surface area contributed by atoms with E-state index in [-0.39, 0.29) is 0 Å². The first-order valence-electron chi connectivity index (χ1n) is 4.72. The quantitative estimate of drug-likeness (QED) is 0.747. The molecule has 0 N–H and O–H groups in total. The average Bonchev–Trinajstić information content (AvgIpc) is 2.30. The summed E-state index contributed by atoms with van der Waals surface area (Å²) < 4.78 is 5.00. The Kier molecular flexibility index (Phi) is 2.63. The van der Waals surface area contributed by atoms with Crippen LogP contribution in [0.2, 0.25) is 0 Å². The van der Waals surface area contributed by atoms with Gasteiger partial charge >= 0.3 is 0 Å². The Labute approximate surface area is 88.8 Å². The van der Waals surface area contributed by atoms with E-state index in [4.69, 9.17) is 4.74 Å². The van der Waals surface area contributed by atoms with Crippen LogP contribution in [0.4, 0.5) is 0 Å². The van der Waals surface area contributed by atoms with E-state index in [0.717, 1.165) is 11.4 Å². The highest BCUT2D eigenvalue weighted by Crippen LogP contribution is 2.16. The van der Waals surface area contributed by atoms with Gasteiger partial charge < -0.3 is 4.74 Å². The second-order valence-electron chi connectivity index (χ2n) is 3.31. The lowest BCUT2D eigenvalue weighted by Gasteiger charge is -2.01. The minimum atomic E-state index is 0.672. The standard InChI is InChI=1S/C12H12N2O/c1-9-3-5-10(6-4-9)12-13-7-11(15-2)8-14-12/h3-8H,1-2H3. The molecular formula is C12H12N2O. The summed E-state index contributed by atoms with van der Waals surface area (Å²) in [5, 5.41) is 0. The molecule has 3 heteroatoms. The lowest BCUT2D eigenvalue weighted by atomic mass is 10.1. The Morgan fingerprint density at radius 3 is 2.13 bits per heavy atom. The van der Waals surface area contributed by atoms with Crippen LogP contribution in [0, 0.1) is 6.92 Å².